The average molecular weight is 351 g/mol. The number of aromatic nitrogens is 1. The van der Waals surface area contributed by atoms with Crippen molar-refractivity contribution in [1.82, 2.24) is 9.88 Å². The molecule has 5 nitrogen and oxygen atoms in total. The molecule has 2 aromatic carbocycles. The van der Waals surface area contributed by atoms with E-state index in [2.05, 4.69) is 4.98 Å². The number of carbonyl (C=O) groups is 1. The molecule has 0 spiro atoms. The number of nitrogens with zero attached hydrogens (tertiary/aromatic N) is 3. The predicted octanol–water partition coefficient (Wildman–Crippen LogP) is 3.44. The van der Waals surface area contributed by atoms with E-state index in [4.69, 9.17) is 4.42 Å². The molecule has 0 bridgehead atoms. The van der Waals surface area contributed by atoms with E-state index in [-0.39, 0.29) is 11.7 Å². The number of carbonyl (C=O) groups excluding carboxylic acids is 1. The minimum atomic E-state index is -0.227. The summed E-state index contributed by atoms with van der Waals surface area (Å²) in [5.74, 6) is 0.431. The molecular formula is C20H18FN3O2. The van der Waals surface area contributed by atoms with Crippen LogP contribution in [0.1, 0.15) is 10.4 Å². The molecule has 0 saturated carbocycles. The van der Waals surface area contributed by atoms with Crippen LogP contribution in [0.5, 0.6) is 0 Å². The Balaban J connectivity index is 1.41. The van der Waals surface area contributed by atoms with Crippen molar-refractivity contribution in [3.8, 4) is 11.3 Å². The molecule has 1 aliphatic heterocycles. The fourth-order valence-electron chi connectivity index (χ4n) is 3.18. The van der Waals surface area contributed by atoms with Crippen molar-refractivity contribution >= 4 is 11.6 Å². The third-order valence-corrected chi connectivity index (χ3v) is 4.61. The first-order valence-electron chi connectivity index (χ1n) is 8.50. The Kier molecular flexibility index (Phi) is 4.39. The number of oxazole rings is 1. The van der Waals surface area contributed by atoms with Gasteiger partial charge in [-0.25, -0.2) is 9.37 Å². The van der Waals surface area contributed by atoms with E-state index >= 15 is 0 Å². The van der Waals surface area contributed by atoms with Gasteiger partial charge in [0.05, 0.1) is 11.9 Å². The number of piperazine rings is 1. The standard InChI is InChI=1S/C20H18FN3O2/c21-17-3-1-2-4-18(17)23-9-11-24(12-10-23)20(25)16-7-5-15(6-8-16)19-13-22-14-26-19/h1-8,13-14H,9-12H2. The quantitative estimate of drug-likeness (QED) is 0.725. The molecule has 0 atom stereocenters. The first-order chi connectivity index (χ1) is 12.7. The van der Waals surface area contributed by atoms with E-state index < -0.39 is 0 Å². The van der Waals surface area contributed by atoms with Gasteiger partial charge in [-0.2, -0.15) is 0 Å². The van der Waals surface area contributed by atoms with Gasteiger partial charge in [0.15, 0.2) is 12.2 Å². The topological polar surface area (TPSA) is 49.6 Å². The van der Waals surface area contributed by atoms with Crippen molar-refractivity contribution in [2.75, 3.05) is 31.1 Å². The van der Waals surface area contributed by atoms with Crippen LogP contribution in [0.15, 0.2) is 65.5 Å². The van der Waals surface area contributed by atoms with E-state index in [0.717, 1.165) is 5.56 Å². The van der Waals surface area contributed by atoms with E-state index in [9.17, 15) is 9.18 Å². The van der Waals surface area contributed by atoms with Gasteiger partial charge < -0.3 is 14.2 Å². The lowest BCUT2D eigenvalue weighted by Crippen LogP contribution is -2.49. The molecule has 26 heavy (non-hydrogen) atoms. The molecule has 0 unspecified atom stereocenters. The largest absolute Gasteiger partial charge is 0.444 e. The van der Waals surface area contributed by atoms with E-state index in [1.165, 1.54) is 12.5 Å². The second-order valence-corrected chi connectivity index (χ2v) is 6.17. The maximum atomic E-state index is 13.9. The van der Waals surface area contributed by atoms with Crippen molar-refractivity contribution in [2.45, 2.75) is 0 Å². The number of halogens is 1. The lowest BCUT2D eigenvalue weighted by atomic mass is 10.1. The Morgan fingerprint density at radius 3 is 2.38 bits per heavy atom. The van der Waals surface area contributed by atoms with E-state index in [1.807, 2.05) is 23.1 Å². The molecular weight excluding hydrogens is 333 g/mol. The predicted molar refractivity (Wildman–Crippen MR) is 96.5 cm³/mol. The Hall–Kier alpha value is -3.15. The fraction of sp³-hybridized carbons (Fsp3) is 0.200. The number of anilines is 1. The molecule has 1 aromatic heterocycles. The number of benzene rings is 2. The van der Waals surface area contributed by atoms with Crippen LogP contribution in [-0.2, 0) is 0 Å². The Morgan fingerprint density at radius 2 is 1.73 bits per heavy atom. The van der Waals surface area contributed by atoms with Crippen LogP contribution in [0.25, 0.3) is 11.3 Å². The van der Waals surface area contributed by atoms with Crippen molar-refractivity contribution in [1.29, 1.82) is 0 Å². The minimum Gasteiger partial charge on any atom is -0.444 e. The van der Waals surface area contributed by atoms with Gasteiger partial charge in [0.25, 0.3) is 5.91 Å². The number of amides is 1. The SMILES string of the molecule is O=C(c1ccc(-c2cnco2)cc1)N1CCN(c2ccccc2F)CC1. The molecule has 0 radical (unpaired) electrons. The normalized spacial score (nSPS) is 14.5. The Bertz CT molecular complexity index is 886. The number of hydrogen-bond acceptors (Lipinski definition) is 4. The van der Waals surface area contributed by atoms with Crippen molar-refractivity contribution < 1.29 is 13.6 Å². The molecule has 0 N–H and O–H groups in total. The Labute approximate surface area is 150 Å². The molecule has 0 aliphatic carbocycles. The number of rotatable bonds is 3. The summed E-state index contributed by atoms with van der Waals surface area (Å²) in [7, 11) is 0. The molecule has 1 saturated heterocycles. The highest BCUT2D eigenvalue weighted by Crippen LogP contribution is 2.22. The third-order valence-electron chi connectivity index (χ3n) is 4.61. The van der Waals surface area contributed by atoms with Crippen LogP contribution >= 0.6 is 0 Å². The summed E-state index contributed by atoms with van der Waals surface area (Å²) < 4.78 is 19.2. The third kappa shape index (κ3) is 3.18. The summed E-state index contributed by atoms with van der Waals surface area (Å²) in [6, 6.07) is 14.0. The summed E-state index contributed by atoms with van der Waals surface area (Å²) in [5, 5.41) is 0. The van der Waals surface area contributed by atoms with Gasteiger partial charge in [-0.15, -0.1) is 0 Å². The molecule has 2 heterocycles. The zero-order chi connectivity index (χ0) is 17.9. The maximum Gasteiger partial charge on any atom is 0.253 e. The smallest absolute Gasteiger partial charge is 0.253 e. The summed E-state index contributed by atoms with van der Waals surface area (Å²) in [6.07, 6.45) is 3.02. The van der Waals surface area contributed by atoms with Crippen LogP contribution in [0.3, 0.4) is 0 Å². The first kappa shape index (κ1) is 16.3. The summed E-state index contributed by atoms with van der Waals surface area (Å²) in [5.41, 5.74) is 2.10. The Morgan fingerprint density at radius 1 is 1.00 bits per heavy atom. The van der Waals surface area contributed by atoms with Gasteiger partial charge >= 0.3 is 0 Å². The maximum absolute atomic E-state index is 13.9. The monoisotopic (exact) mass is 351 g/mol. The number of hydrogen-bond donors (Lipinski definition) is 0. The number of para-hydroxylation sites is 1. The highest BCUT2D eigenvalue weighted by Gasteiger charge is 2.23. The lowest BCUT2D eigenvalue weighted by molar-refractivity contribution is 0.0746. The van der Waals surface area contributed by atoms with Gasteiger partial charge in [-0.05, 0) is 24.3 Å². The molecule has 4 rings (SSSR count). The van der Waals surface area contributed by atoms with Gasteiger partial charge in [0.1, 0.15) is 5.82 Å². The van der Waals surface area contributed by atoms with Crippen molar-refractivity contribution in [3.05, 3.63) is 72.5 Å². The van der Waals surface area contributed by atoms with Gasteiger partial charge in [-0.3, -0.25) is 4.79 Å². The van der Waals surface area contributed by atoms with Crippen LogP contribution < -0.4 is 4.90 Å². The molecule has 3 aromatic rings. The van der Waals surface area contributed by atoms with E-state index in [0.29, 0.717) is 43.2 Å². The molecule has 1 aliphatic rings. The zero-order valence-corrected chi connectivity index (χ0v) is 14.1. The second kappa shape index (κ2) is 7.00. The van der Waals surface area contributed by atoms with Crippen molar-refractivity contribution in [3.63, 3.8) is 0 Å². The lowest BCUT2D eigenvalue weighted by Gasteiger charge is -2.36. The molecule has 6 heteroatoms. The van der Waals surface area contributed by atoms with Crippen LogP contribution in [0.4, 0.5) is 10.1 Å². The van der Waals surface area contributed by atoms with Crippen molar-refractivity contribution in [2.24, 2.45) is 0 Å². The highest BCUT2D eigenvalue weighted by molar-refractivity contribution is 5.94. The van der Waals surface area contributed by atoms with Gasteiger partial charge in [0.2, 0.25) is 0 Å². The van der Waals surface area contributed by atoms with Gasteiger partial charge in [-0.1, -0.05) is 24.3 Å². The van der Waals surface area contributed by atoms with Crippen LogP contribution in [0.2, 0.25) is 0 Å². The van der Waals surface area contributed by atoms with Crippen LogP contribution in [0, 0.1) is 5.82 Å². The minimum absolute atomic E-state index is 0.0118. The van der Waals surface area contributed by atoms with Crippen LogP contribution in [-0.4, -0.2) is 42.0 Å². The highest BCUT2D eigenvalue weighted by atomic mass is 19.1. The zero-order valence-electron chi connectivity index (χ0n) is 14.1. The summed E-state index contributed by atoms with van der Waals surface area (Å²) in [6.45, 7) is 2.36. The molecule has 132 valence electrons. The molecule has 1 fully saturated rings. The summed E-state index contributed by atoms with van der Waals surface area (Å²) in [4.78, 5) is 20.4. The average Bonchev–Trinajstić information content (AvgIpc) is 3.23. The summed E-state index contributed by atoms with van der Waals surface area (Å²) >= 11 is 0. The fourth-order valence-corrected chi connectivity index (χ4v) is 3.18. The first-order valence-corrected chi connectivity index (χ1v) is 8.50. The second-order valence-electron chi connectivity index (χ2n) is 6.17. The van der Waals surface area contributed by atoms with E-state index in [1.54, 1.807) is 35.4 Å². The van der Waals surface area contributed by atoms with Gasteiger partial charge in [0, 0.05) is 37.3 Å². The molecule has 1 amide bonds.